The van der Waals surface area contributed by atoms with Crippen molar-refractivity contribution in [3.63, 3.8) is 0 Å². The van der Waals surface area contributed by atoms with Gasteiger partial charge in [-0.05, 0) is 60.3 Å². The van der Waals surface area contributed by atoms with Crippen LogP contribution in [0.25, 0.3) is 0 Å². The topological polar surface area (TPSA) is 61.4 Å². The fraction of sp³-hybridized carbons (Fsp3) is 0.364. The first kappa shape index (κ1) is 20.4. The Morgan fingerprint density at radius 1 is 1.14 bits per heavy atom. The van der Waals surface area contributed by atoms with Crippen molar-refractivity contribution in [1.82, 2.24) is 10.2 Å². The molecule has 2 N–H and O–H groups in total. The maximum absolute atomic E-state index is 12.9. The molecule has 0 aliphatic carbocycles. The van der Waals surface area contributed by atoms with Crippen LogP contribution in [0.15, 0.2) is 53.0 Å². The maximum atomic E-state index is 12.9. The van der Waals surface area contributed by atoms with E-state index in [1.165, 1.54) is 5.56 Å². The normalized spacial score (nSPS) is 19.2. The predicted molar refractivity (Wildman–Crippen MR) is 115 cm³/mol. The second-order valence-corrected chi connectivity index (χ2v) is 8.52. The zero-order valence-electron chi connectivity index (χ0n) is 16.3. The van der Waals surface area contributed by atoms with Crippen LogP contribution in [0.1, 0.15) is 30.9 Å². The summed E-state index contributed by atoms with van der Waals surface area (Å²) in [5.74, 6) is -0.00790. The highest BCUT2D eigenvalue weighted by Gasteiger charge is 2.39. The Morgan fingerprint density at radius 2 is 1.86 bits per heavy atom. The van der Waals surface area contributed by atoms with Gasteiger partial charge in [0, 0.05) is 24.1 Å². The summed E-state index contributed by atoms with van der Waals surface area (Å²) in [6, 6.07) is 15.5. The molecule has 3 amide bonds. The van der Waals surface area contributed by atoms with Crippen LogP contribution in [0.2, 0.25) is 0 Å². The van der Waals surface area contributed by atoms with Gasteiger partial charge < -0.3 is 15.5 Å². The SMILES string of the molecule is Cc1ccc(CNC(=O)C2(C)CCCN(C(=O)Nc3ccccc3Br)C2)cc1. The van der Waals surface area contributed by atoms with E-state index in [1.54, 1.807) is 4.90 Å². The molecule has 0 saturated carbocycles. The van der Waals surface area contributed by atoms with Crippen molar-refractivity contribution in [2.45, 2.75) is 33.2 Å². The largest absolute Gasteiger partial charge is 0.351 e. The van der Waals surface area contributed by atoms with Crippen molar-refractivity contribution in [1.29, 1.82) is 0 Å². The molecule has 5 nitrogen and oxygen atoms in total. The average Bonchev–Trinajstić information content (AvgIpc) is 2.69. The molecule has 1 fully saturated rings. The fourth-order valence-corrected chi connectivity index (χ4v) is 3.84. The summed E-state index contributed by atoms with van der Waals surface area (Å²) in [4.78, 5) is 27.3. The van der Waals surface area contributed by atoms with Crippen LogP contribution in [0, 0.1) is 12.3 Å². The number of hydrogen-bond acceptors (Lipinski definition) is 2. The fourth-order valence-electron chi connectivity index (χ4n) is 3.46. The van der Waals surface area contributed by atoms with Gasteiger partial charge in [-0.3, -0.25) is 4.79 Å². The Labute approximate surface area is 174 Å². The molecular formula is C22H26BrN3O2. The summed E-state index contributed by atoms with van der Waals surface area (Å²) >= 11 is 3.44. The predicted octanol–water partition coefficient (Wildman–Crippen LogP) is 4.71. The van der Waals surface area contributed by atoms with Crippen molar-refractivity contribution < 1.29 is 9.59 Å². The zero-order valence-corrected chi connectivity index (χ0v) is 17.9. The number of halogens is 1. The number of rotatable bonds is 4. The molecule has 1 atom stereocenters. The minimum Gasteiger partial charge on any atom is -0.351 e. The number of likely N-dealkylation sites (tertiary alicyclic amines) is 1. The lowest BCUT2D eigenvalue weighted by atomic mass is 9.81. The molecule has 148 valence electrons. The first-order valence-electron chi connectivity index (χ1n) is 9.52. The molecule has 0 radical (unpaired) electrons. The highest BCUT2D eigenvalue weighted by molar-refractivity contribution is 9.10. The number of benzene rings is 2. The van der Waals surface area contributed by atoms with Crippen LogP contribution < -0.4 is 10.6 Å². The number of amides is 3. The van der Waals surface area contributed by atoms with Crippen LogP contribution >= 0.6 is 15.9 Å². The molecule has 1 aliphatic rings. The first-order chi connectivity index (χ1) is 13.4. The standard InChI is InChI=1S/C22H26BrN3O2/c1-16-8-10-17(11-9-16)14-24-20(27)22(2)12-5-13-26(15-22)21(28)25-19-7-4-3-6-18(19)23/h3-4,6-11H,5,12-15H2,1-2H3,(H,24,27)(H,25,28). The lowest BCUT2D eigenvalue weighted by molar-refractivity contribution is -0.132. The monoisotopic (exact) mass is 443 g/mol. The van der Waals surface area contributed by atoms with Crippen molar-refractivity contribution in [3.05, 3.63) is 64.1 Å². The summed E-state index contributed by atoms with van der Waals surface area (Å²) in [6.07, 6.45) is 1.57. The minimum atomic E-state index is -0.589. The number of urea groups is 1. The van der Waals surface area contributed by atoms with E-state index < -0.39 is 5.41 Å². The number of piperidine rings is 1. The van der Waals surface area contributed by atoms with Crippen LogP contribution in [0.3, 0.4) is 0 Å². The second-order valence-electron chi connectivity index (χ2n) is 7.66. The highest BCUT2D eigenvalue weighted by Crippen LogP contribution is 2.31. The second kappa shape index (κ2) is 8.78. The van der Waals surface area contributed by atoms with Crippen LogP contribution in [-0.4, -0.2) is 29.9 Å². The van der Waals surface area contributed by atoms with Gasteiger partial charge in [-0.15, -0.1) is 0 Å². The smallest absolute Gasteiger partial charge is 0.321 e. The third-order valence-corrected chi connectivity index (χ3v) is 5.91. The van der Waals surface area contributed by atoms with Crippen molar-refractivity contribution >= 4 is 33.6 Å². The highest BCUT2D eigenvalue weighted by atomic mass is 79.9. The van der Waals surface area contributed by atoms with Gasteiger partial charge in [-0.25, -0.2) is 4.79 Å². The quantitative estimate of drug-likeness (QED) is 0.718. The lowest BCUT2D eigenvalue weighted by Gasteiger charge is -2.39. The molecule has 2 aromatic carbocycles. The minimum absolute atomic E-state index is 0.00790. The zero-order chi connectivity index (χ0) is 20.1. The molecule has 0 bridgehead atoms. The number of carbonyl (C=O) groups excluding carboxylic acids is 2. The van der Waals surface area contributed by atoms with E-state index in [9.17, 15) is 9.59 Å². The Hall–Kier alpha value is -2.34. The molecule has 0 spiro atoms. The number of anilines is 1. The molecule has 1 heterocycles. The van der Waals surface area contributed by atoms with Crippen molar-refractivity contribution in [3.8, 4) is 0 Å². The van der Waals surface area contributed by atoms with E-state index in [2.05, 4.69) is 26.6 Å². The number of nitrogens with one attached hydrogen (secondary N) is 2. The number of aryl methyl sites for hydroxylation is 1. The first-order valence-corrected chi connectivity index (χ1v) is 10.3. The van der Waals surface area contributed by atoms with Crippen LogP contribution in [-0.2, 0) is 11.3 Å². The Balaban J connectivity index is 1.60. The number of hydrogen-bond donors (Lipinski definition) is 2. The van der Waals surface area contributed by atoms with E-state index in [4.69, 9.17) is 0 Å². The summed E-state index contributed by atoms with van der Waals surface area (Å²) in [7, 11) is 0. The molecule has 28 heavy (non-hydrogen) atoms. The molecule has 2 aromatic rings. The molecular weight excluding hydrogens is 418 g/mol. The molecule has 6 heteroatoms. The van der Waals surface area contributed by atoms with E-state index in [0.29, 0.717) is 19.6 Å². The van der Waals surface area contributed by atoms with Crippen molar-refractivity contribution in [2.75, 3.05) is 18.4 Å². The van der Waals surface area contributed by atoms with Gasteiger partial charge in [0.2, 0.25) is 5.91 Å². The third kappa shape index (κ3) is 4.93. The van der Waals surface area contributed by atoms with Crippen LogP contribution in [0.4, 0.5) is 10.5 Å². The summed E-state index contributed by atoms with van der Waals surface area (Å²) in [5.41, 5.74) is 2.40. The Bertz CT molecular complexity index is 853. The van der Waals surface area contributed by atoms with E-state index in [1.807, 2.05) is 62.4 Å². The third-order valence-electron chi connectivity index (χ3n) is 5.22. The maximum Gasteiger partial charge on any atom is 0.321 e. The Kier molecular flexibility index (Phi) is 6.39. The number of carbonyl (C=O) groups is 2. The van der Waals surface area contributed by atoms with Gasteiger partial charge in [0.25, 0.3) is 0 Å². The van der Waals surface area contributed by atoms with E-state index in [-0.39, 0.29) is 11.9 Å². The van der Waals surface area contributed by atoms with Gasteiger partial charge >= 0.3 is 6.03 Å². The van der Waals surface area contributed by atoms with Gasteiger partial charge in [0.1, 0.15) is 0 Å². The molecule has 3 rings (SSSR count). The molecule has 1 saturated heterocycles. The van der Waals surface area contributed by atoms with Crippen molar-refractivity contribution in [2.24, 2.45) is 5.41 Å². The Morgan fingerprint density at radius 3 is 2.57 bits per heavy atom. The summed E-state index contributed by atoms with van der Waals surface area (Å²) in [6.45, 7) is 5.53. The summed E-state index contributed by atoms with van der Waals surface area (Å²) in [5, 5.41) is 5.97. The van der Waals surface area contributed by atoms with Gasteiger partial charge in [-0.2, -0.15) is 0 Å². The van der Waals surface area contributed by atoms with Gasteiger partial charge in [0.05, 0.1) is 11.1 Å². The molecule has 0 aromatic heterocycles. The summed E-state index contributed by atoms with van der Waals surface area (Å²) < 4.78 is 0.832. The number of nitrogens with zero attached hydrogens (tertiary/aromatic N) is 1. The molecule has 1 aliphatic heterocycles. The van der Waals surface area contributed by atoms with E-state index in [0.717, 1.165) is 28.6 Å². The van der Waals surface area contributed by atoms with Gasteiger partial charge in [0.15, 0.2) is 0 Å². The van der Waals surface area contributed by atoms with Crippen LogP contribution in [0.5, 0.6) is 0 Å². The lowest BCUT2D eigenvalue weighted by Crippen LogP contribution is -2.52. The molecule has 1 unspecified atom stereocenters. The van der Waals surface area contributed by atoms with Gasteiger partial charge in [-0.1, -0.05) is 42.0 Å². The average molecular weight is 444 g/mol. The number of para-hydroxylation sites is 1. The van der Waals surface area contributed by atoms with E-state index >= 15 is 0 Å².